The molecule has 1 fully saturated rings. The van der Waals surface area contributed by atoms with Crippen LogP contribution in [0.1, 0.15) is 20.3 Å². The molecule has 1 aromatic carbocycles. The Kier molecular flexibility index (Phi) is 6.81. The highest BCUT2D eigenvalue weighted by Gasteiger charge is 2.31. The second kappa shape index (κ2) is 9.75. The van der Waals surface area contributed by atoms with E-state index >= 15 is 0 Å². The monoisotopic (exact) mass is 457 g/mol. The summed E-state index contributed by atoms with van der Waals surface area (Å²) in [4.78, 5) is 29.9. The number of halogens is 1. The van der Waals surface area contributed by atoms with Crippen LogP contribution in [0.15, 0.2) is 53.5 Å². The predicted molar refractivity (Wildman–Crippen MR) is 124 cm³/mol. The van der Waals surface area contributed by atoms with Crippen molar-refractivity contribution in [2.45, 2.75) is 39.0 Å². The molecule has 1 aliphatic rings. The average Bonchev–Trinajstić information content (AvgIpc) is 3.10. The number of esters is 1. The van der Waals surface area contributed by atoms with Crippen LogP contribution in [-0.2, 0) is 16.1 Å². The third kappa shape index (κ3) is 4.97. The first kappa shape index (κ1) is 22.4. The van der Waals surface area contributed by atoms with Crippen molar-refractivity contribution in [2.24, 2.45) is 0 Å². The van der Waals surface area contributed by atoms with Gasteiger partial charge in [-0.05, 0) is 50.6 Å². The molecule has 1 aliphatic heterocycles. The molecule has 1 saturated heterocycles. The van der Waals surface area contributed by atoms with Gasteiger partial charge in [-0.15, -0.1) is 5.10 Å². The molecule has 9 heteroatoms. The minimum absolute atomic E-state index is 0.198. The van der Waals surface area contributed by atoms with E-state index in [-0.39, 0.29) is 17.8 Å². The molecule has 2 aromatic heterocycles. The number of aryl methyl sites for hydroxylation is 1. The van der Waals surface area contributed by atoms with Crippen molar-refractivity contribution in [3.63, 3.8) is 0 Å². The molecule has 0 N–H and O–H groups in total. The third-order valence-electron chi connectivity index (χ3n) is 5.66. The molecular formula is C23H28ClN5O3. The summed E-state index contributed by atoms with van der Waals surface area (Å²) >= 11 is 6.14. The van der Waals surface area contributed by atoms with E-state index in [2.05, 4.69) is 14.9 Å². The third-order valence-corrected chi connectivity index (χ3v) is 5.89. The lowest BCUT2D eigenvalue weighted by atomic mass is 10.1. The molecule has 0 saturated carbocycles. The van der Waals surface area contributed by atoms with Gasteiger partial charge in [0.25, 0.3) is 0 Å². The quantitative estimate of drug-likeness (QED) is 0.508. The minimum Gasteiger partial charge on any atom is -0.462 e. The highest BCUT2D eigenvalue weighted by Crippen LogP contribution is 2.22. The Balaban J connectivity index is 1.46. The van der Waals surface area contributed by atoms with E-state index in [0.717, 1.165) is 18.8 Å². The molecule has 8 nitrogen and oxygen atoms in total. The molecule has 1 unspecified atom stereocenters. The summed E-state index contributed by atoms with van der Waals surface area (Å²) in [6.07, 6.45) is 1.95. The van der Waals surface area contributed by atoms with Crippen LogP contribution in [0.25, 0.3) is 5.65 Å². The molecular weight excluding hydrogens is 430 g/mol. The SMILES string of the molecule is CC(C)OC(=O)C(CCn1nc2ccccn2c1=O)N1CCN(c2cccc(Cl)c2)CC1. The van der Waals surface area contributed by atoms with Crippen LogP contribution in [-0.4, -0.2) is 63.4 Å². The van der Waals surface area contributed by atoms with E-state index in [1.807, 2.05) is 44.2 Å². The van der Waals surface area contributed by atoms with Crippen molar-refractivity contribution in [2.75, 3.05) is 31.1 Å². The number of benzene rings is 1. The molecule has 0 spiro atoms. The number of rotatable bonds is 7. The van der Waals surface area contributed by atoms with Gasteiger partial charge in [-0.3, -0.25) is 14.1 Å². The zero-order valence-corrected chi connectivity index (χ0v) is 19.1. The number of piperazine rings is 1. The first-order chi connectivity index (χ1) is 15.4. The van der Waals surface area contributed by atoms with Gasteiger partial charge >= 0.3 is 11.7 Å². The Bertz CT molecular complexity index is 1130. The Morgan fingerprint density at radius 2 is 1.91 bits per heavy atom. The summed E-state index contributed by atoms with van der Waals surface area (Å²) in [5.41, 5.74) is 1.46. The summed E-state index contributed by atoms with van der Waals surface area (Å²) in [5, 5.41) is 5.09. The summed E-state index contributed by atoms with van der Waals surface area (Å²) in [5.74, 6) is -0.256. The lowest BCUT2D eigenvalue weighted by Gasteiger charge is -2.39. The van der Waals surface area contributed by atoms with Crippen LogP contribution < -0.4 is 10.6 Å². The minimum atomic E-state index is -0.435. The highest BCUT2D eigenvalue weighted by molar-refractivity contribution is 6.30. The van der Waals surface area contributed by atoms with Crippen molar-refractivity contribution >= 4 is 28.9 Å². The number of aromatic nitrogens is 3. The van der Waals surface area contributed by atoms with Crippen LogP contribution in [0.4, 0.5) is 5.69 Å². The maximum atomic E-state index is 12.9. The second-order valence-electron chi connectivity index (χ2n) is 8.23. The predicted octanol–water partition coefficient (Wildman–Crippen LogP) is 2.68. The van der Waals surface area contributed by atoms with Crippen molar-refractivity contribution < 1.29 is 9.53 Å². The largest absolute Gasteiger partial charge is 0.462 e. The van der Waals surface area contributed by atoms with Crippen molar-refractivity contribution in [1.29, 1.82) is 0 Å². The maximum absolute atomic E-state index is 12.9. The lowest BCUT2D eigenvalue weighted by Crippen LogP contribution is -2.53. The average molecular weight is 458 g/mol. The van der Waals surface area contributed by atoms with E-state index in [1.54, 1.807) is 18.3 Å². The van der Waals surface area contributed by atoms with Gasteiger partial charge in [0.1, 0.15) is 6.04 Å². The Labute approximate surface area is 191 Å². The van der Waals surface area contributed by atoms with Crippen LogP contribution in [0, 0.1) is 0 Å². The molecule has 3 aromatic rings. The molecule has 3 heterocycles. The number of fused-ring (bicyclic) bond motifs is 1. The van der Waals surface area contributed by atoms with Crippen molar-refractivity contribution in [1.82, 2.24) is 19.1 Å². The van der Waals surface area contributed by atoms with Gasteiger partial charge in [0.2, 0.25) is 0 Å². The number of anilines is 1. The van der Waals surface area contributed by atoms with Gasteiger partial charge < -0.3 is 9.64 Å². The van der Waals surface area contributed by atoms with E-state index in [4.69, 9.17) is 16.3 Å². The summed E-state index contributed by atoms with van der Waals surface area (Å²) in [6, 6.07) is 12.8. The first-order valence-corrected chi connectivity index (χ1v) is 11.3. The van der Waals surface area contributed by atoms with Crippen LogP contribution in [0.3, 0.4) is 0 Å². The smallest absolute Gasteiger partial charge is 0.350 e. The van der Waals surface area contributed by atoms with Crippen molar-refractivity contribution in [3.05, 3.63) is 64.2 Å². The van der Waals surface area contributed by atoms with Crippen LogP contribution in [0.5, 0.6) is 0 Å². The van der Waals surface area contributed by atoms with Crippen molar-refractivity contribution in [3.8, 4) is 0 Å². The molecule has 0 aliphatic carbocycles. The van der Waals surface area contributed by atoms with Gasteiger partial charge in [0.15, 0.2) is 5.65 Å². The molecule has 0 radical (unpaired) electrons. The standard InChI is InChI=1S/C23H28ClN5O3/c1-17(2)32-22(30)20(9-11-29-23(31)28-10-4-3-8-21(28)25-29)27-14-12-26(13-15-27)19-7-5-6-18(24)16-19/h3-8,10,16-17,20H,9,11-15H2,1-2H3. The van der Waals surface area contributed by atoms with Gasteiger partial charge in [0.05, 0.1) is 6.10 Å². The summed E-state index contributed by atoms with van der Waals surface area (Å²) in [6.45, 7) is 7.01. The zero-order chi connectivity index (χ0) is 22.7. The van der Waals surface area contributed by atoms with E-state index in [9.17, 15) is 9.59 Å². The summed E-state index contributed by atoms with van der Waals surface area (Å²) in [7, 11) is 0. The van der Waals surface area contributed by atoms with Gasteiger partial charge in [-0.25, -0.2) is 9.48 Å². The fourth-order valence-corrected chi connectivity index (χ4v) is 4.27. The normalized spacial score (nSPS) is 15.9. The Morgan fingerprint density at radius 3 is 2.59 bits per heavy atom. The number of carbonyl (C=O) groups is 1. The van der Waals surface area contributed by atoms with Crippen LogP contribution in [0.2, 0.25) is 5.02 Å². The molecule has 170 valence electrons. The number of pyridine rings is 1. The number of ether oxygens (including phenoxy) is 1. The zero-order valence-electron chi connectivity index (χ0n) is 18.4. The van der Waals surface area contributed by atoms with E-state index in [0.29, 0.717) is 36.7 Å². The highest BCUT2D eigenvalue weighted by atomic mass is 35.5. The maximum Gasteiger partial charge on any atom is 0.350 e. The molecule has 32 heavy (non-hydrogen) atoms. The lowest BCUT2D eigenvalue weighted by molar-refractivity contribution is -0.154. The fourth-order valence-electron chi connectivity index (χ4n) is 4.08. The van der Waals surface area contributed by atoms with Gasteiger partial charge in [-0.2, -0.15) is 0 Å². The fraction of sp³-hybridized carbons (Fsp3) is 0.435. The summed E-state index contributed by atoms with van der Waals surface area (Å²) < 4.78 is 8.47. The van der Waals surface area contributed by atoms with Gasteiger partial charge in [-0.1, -0.05) is 23.7 Å². The van der Waals surface area contributed by atoms with E-state index in [1.165, 1.54) is 9.08 Å². The number of nitrogens with zero attached hydrogens (tertiary/aromatic N) is 5. The van der Waals surface area contributed by atoms with Crippen LogP contribution >= 0.6 is 11.6 Å². The topological polar surface area (TPSA) is 72.1 Å². The second-order valence-corrected chi connectivity index (χ2v) is 8.66. The Morgan fingerprint density at radius 1 is 1.12 bits per heavy atom. The number of hydrogen-bond donors (Lipinski definition) is 0. The number of carbonyl (C=O) groups excluding carboxylic acids is 1. The molecule has 0 bridgehead atoms. The Hall–Kier alpha value is -2.84. The van der Waals surface area contributed by atoms with Gasteiger partial charge in [0, 0.05) is 49.6 Å². The molecule has 0 amide bonds. The molecule has 1 atom stereocenters. The molecule has 4 rings (SSSR count). The first-order valence-electron chi connectivity index (χ1n) is 10.9. The van der Waals surface area contributed by atoms with E-state index < -0.39 is 6.04 Å². The number of hydrogen-bond acceptors (Lipinski definition) is 6.